The molecule has 0 bridgehead atoms. The fourth-order valence-electron chi connectivity index (χ4n) is 1.55. The first kappa shape index (κ1) is 13.2. The van der Waals surface area contributed by atoms with Crippen LogP contribution >= 0.6 is 15.9 Å². The maximum Gasteiger partial charge on any atom is 0.325 e. The Bertz CT molecular complexity index is 370. The molecule has 1 rings (SSSR count). The van der Waals surface area contributed by atoms with Gasteiger partial charge in [0.2, 0.25) is 0 Å². The number of carboxylic acid groups (broad SMARTS) is 1. The van der Waals surface area contributed by atoms with E-state index in [2.05, 4.69) is 15.9 Å². The fraction of sp³-hybridized carbons (Fsp3) is 0.364. The molecule has 88 valence electrons. The number of carboxylic acids is 1. The minimum Gasteiger partial charge on any atom is -0.480 e. The summed E-state index contributed by atoms with van der Waals surface area (Å²) < 4.78 is 0.841. The highest BCUT2D eigenvalue weighted by atomic mass is 79.9. The molecular formula is C11H14BrNO3. The molecule has 5 heteroatoms. The summed E-state index contributed by atoms with van der Waals surface area (Å²) in [6.45, 7) is 0.262. The van der Waals surface area contributed by atoms with Gasteiger partial charge in [-0.15, -0.1) is 0 Å². The van der Waals surface area contributed by atoms with Gasteiger partial charge in [0, 0.05) is 11.0 Å². The fourth-order valence-corrected chi connectivity index (χ4v) is 1.97. The van der Waals surface area contributed by atoms with E-state index in [1.165, 1.54) is 0 Å². The van der Waals surface area contributed by atoms with Gasteiger partial charge in [-0.25, -0.2) is 0 Å². The van der Waals surface area contributed by atoms with E-state index in [1.54, 1.807) is 30.1 Å². The summed E-state index contributed by atoms with van der Waals surface area (Å²) in [7, 11) is 1.68. The second kappa shape index (κ2) is 5.98. The lowest BCUT2D eigenvalue weighted by atomic mass is 10.1. The van der Waals surface area contributed by atoms with E-state index in [4.69, 9.17) is 5.11 Å². The van der Waals surface area contributed by atoms with Crippen LogP contribution in [0.25, 0.3) is 0 Å². The third kappa shape index (κ3) is 3.30. The van der Waals surface area contributed by atoms with E-state index in [1.807, 2.05) is 6.07 Å². The molecule has 0 amide bonds. The van der Waals surface area contributed by atoms with E-state index < -0.39 is 12.0 Å². The maximum absolute atomic E-state index is 11.2. The molecule has 1 aromatic rings. The van der Waals surface area contributed by atoms with Crippen molar-refractivity contribution in [2.45, 2.75) is 6.04 Å². The Morgan fingerprint density at radius 1 is 1.56 bits per heavy atom. The van der Waals surface area contributed by atoms with Crippen molar-refractivity contribution in [3.63, 3.8) is 0 Å². The van der Waals surface area contributed by atoms with Gasteiger partial charge in [-0.3, -0.25) is 9.69 Å². The van der Waals surface area contributed by atoms with Gasteiger partial charge in [-0.1, -0.05) is 28.1 Å². The first-order valence-corrected chi connectivity index (χ1v) is 5.65. The molecule has 0 aromatic heterocycles. The Morgan fingerprint density at radius 2 is 2.25 bits per heavy atom. The monoisotopic (exact) mass is 287 g/mol. The number of nitrogens with zero attached hydrogens (tertiary/aromatic N) is 1. The minimum atomic E-state index is -0.922. The molecule has 1 atom stereocenters. The minimum absolute atomic E-state index is 0.0612. The van der Waals surface area contributed by atoms with Crippen LogP contribution in [0.1, 0.15) is 11.6 Å². The van der Waals surface area contributed by atoms with Crippen molar-refractivity contribution in [1.29, 1.82) is 0 Å². The lowest BCUT2D eigenvalue weighted by Crippen LogP contribution is -2.32. The number of rotatable bonds is 5. The van der Waals surface area contributed by atoms with E-state index >= 15 is 0 Å². The van der Waals surface area contributed by atoms with Crippen LogP contribution in [0, 0.1) is 0 Å². The predicted molar refractivity (Wildman–Crippen MR) is 64.2 cm³/mol. The van der Waals surface area contributed by atoms with Gasteiger partial charge in [0.25, 0.3) is 0 Å². The predicted octanol–water partition coefficient (Wildman–Crippen LogP) is 1.50. The number of benzene rings is 1. The highest BCUT2D eigenvalue weighted by Crippen LogP contribution is 2.22. The second-order valence-electron chi connectivity index (χ2n) is 3.50. The number of carbonyl (C=O) groups is 1. The van der Waals surface area contributed by atoms with Gasteiger partial charge in [0.05, 0.1) is 6.61 Å². The van der Waals surface area contributed by atoms with E-state index in [-0.39, 0.29) is 6.61 Å². The van der Waals surface area contributed by atoms with Crippen LogP contribution in [-0.4, -0.2) is 41.3 Å². The first-order chi connectivity index (χ1) is 7.56. The molecule has 0 heterocycles. The van der Waals surface area contributed by atoms with Crippen LogP contribution in [0.15, 0.2) is 28.7 Å². The molecular weight excluding hydrogens is 274 g/mol. The Morgan fingerprint density at radius 3 is 2.75 bits per heavy atom. The molecule has 2 N–H and O–H groups in total. The van der Waals surface area contributed by atoms with Crippen molar-refractivity contribution in [2.24, 2.45) is 0 Å². The Labute approximate surface area is 103 Å². The number of hydrogen-bond donors (Lipinski definition) is 2. The zero-order valence-corrected chi connectivity index (χ0v) is 10.5. The molecule has 0 spiro atoms. The summed E-state index contributed by atoms with van der Waals surface area (Å²) >= 11 is 3.31. The number of aliphatic hydroxyl groups is 1. The van der Waals surface area contributed by atoms with Crippen LogP contribution in [-0.2, 0) is 4.79 Å². The lowest BCUT2D eigenvalue weighted by molar-refractivity contribution is -0.143. The average molecular weight is 288 g/mol. The standard InChI is InChI=1S/C11H14BrNO3/c1-13(5-6-14)10(11(15)16)8-3-2-4-9(12)7-8/h2-4,7,10,14H,5-6H2,1H3,(H,15,16). The van der Waals surface area contributed by atoms with E-state index in [0.29, 0.717) is 12.1 Å². The smallest absolute Gasteiger partial charge is 0.325 e. The molecule has 0 radical (unpaired) electrons. The van der Waals surface area contributed by atoms with Gasteiger partial charge in [0.15, 0.2) is 0 Å². The summed E-state index contributed by atoms with van der Waals surface area (Å²) in [5.41, 5.74) is 0.692. The molecule has 16 heavy (non-hydrogen) atoms. The number of halogens is 1. The highest BCUT2D eigenvalue weighted by Gasteiger charge is 2.24. The van der Waals surface area contributed by atoms with Gasteiger partial charge in [-0.05, 0) is 24.7 Å². The van der Waals surface area contributed by atoms with Crippen LogP contribution in [0.4, 0.5) is 0 Å². The zero-order chi connectivity index (χ0) is 12.1. The SMILES string of the molecule is CN(CCO)C(C(=O)O)c1cccc(Br)c1. The van der Waals surface area contributed by atoms with Crippen molar-refractivity contribution in [1.82, 2.24) is 4.90 Å². The summed E-state index contributed by atoms with van der Waals surface area (Å²) in [4.78, 5) is 12.8. The maximum atomic E-state index is 11.2. The average Bonchev–Trinajstić information content (AvgIpc) is 2.17. The molecule has 4 nitrogen and oxygen atoms in total. The van der Waals surface area contributed by atoms with Crippen molar-refractivity contribution in [3.05, 3.63) is 34.3 Å². The number of likely N-dealkylation sites (N-methyl/N-ethyl adjacent to an activating group) is 1. The lowest BCUT2D eigenvalue weighted by Gasteiger charge is -2.24. The summed E-state index contributed by atoms with van der Waals surface area (Å²) in [6.07, 6.45) is 0. The Balaban J connectivity index is 2.98. The third-order valence-corrected chi connectivity index (χ3v) is 2.79. The molecule has 0 aliphatic rings. The zero-order valence-electron chi connectivity index (χ0n) is 8.93. The van der Waals surface area contributed by atoms with E-state index in [0.717, 1.165) is 4.47 Å². The quantitative estimate of drug-likeness (QED) is 0.862. The Hall–Kier alpha value is -0.910. The number of aliphatic carboxylic acids is 1. The first-order valence-electron chi connectivity index (χ1n) is 4.85. The van der Waals surface area contributed by atoms with Gasteiger partial charge >= 0.3 is 5.97 Å². The number of aliphatic hydroxyl groups excluding tert-OH is 1. The highest BCUT2D eigenvalue weighted by molar-refractivity contribution is 9.10. The van der Waals surface area contributed by atoms with Gasteiger partial charge < -0.3 is 10.2 Å². The van der Waals surface area contributed by atoms with Crippen LogP contribution in [0.2, 0.25) is 0 Å². The molecule has 0 saturated carbocycles. The van der Waals surface area contributed by atoms with Crippen molar-refractivity contribution in [2.75, 3.05) is 20.2 Å². The molecule has 0 aliphatic heterocycles. The number of hydrogen-bond acceptors (Lipinski definition) is 3. The largest absolute Gasteiger partial charge is 0.480 e. The van der Waals surface area contributed by atoms with Crippen molar-refractivity contribution >= 4 is 21.9 Å². The second-order valence-corrected chi connectivity index (χ2v) is 4.42. The third-order valence-electron chi connectivity index (χ3n) is 2.29. The van der Waals surface area contributed by atoms with Crippen LogP contribution in [0.3, 0.4) is 0 Å². The van der Waals surface area contributed by atoms with Gasteiger partial charge in [0.1, 0.15) is 6.04 Å². The van der Waals surface area contributed by atoms with Gasteiger partial charge in [-0.2, -0.15) is 0 Å². The molecule has 0 saturated heterocycles. The molecule has 1 unspecified atom stereocenters. The topological polar surface area (TPSA) is 60.8 Å². The molecule has 0 fully saturated rings. The Kier molecular flexibility index (Phi) is 4.92. The van der Waals surface area contributed by atoms with Crippen LogP contribution < -0.4 is 0 Å². The van der Waals surface area contributed by atoms with E-state index in [9.17, 15) is 9.90 Å². The van der Waals surface area contributed by atoms with Crippen molar-refractivity contribution < 1.29 is 15.0 Å². The van der Waals surface area contributed by atoms with Crippen LogP contribution in [0.5, 0.6) is 0 Å². The van der Waals surface area contributed by atoms with Crippen molar-refractivity contribution in [3.8, 4) is 0 Å². The summed E-state index contributed by atoms with van der Waals surface area (Å²) in [6, 6.07) is 6.44. The molecule has 0 aliphatic carbocycles. The summed E-state index contributed by atoms with van der Waals surface area (Å²) in [5.74, 6) is -0.922. The molecule has 1 aromatic carbocycles. The summed E-state index contributed by atoms with van der Waals surface area (Å²) in [5, 5.41) is 18.0. The normalized spacial score (nSPS) is 12.8.